The molecule has 5 aromatic rings. The zero-order valence-corrected chi connectivity index (χ0v) is 26.8. The Hall–Kier alpha value is -4.67. The number of ether oxygens (including phenoxy) is 3. The fourth-order valence-electron chi connectivity index (χ4n) is 5.41. The highest BCUT2D eigenvalue weighted by atomic mass is 32.2. The number of nitrogens with zero attached hydrogens (tertiary/aromatic N) is 1. The minimum Gasteiger partial charge on any atom is -0.445 e. The molecular weight excluding hydrogens is 612 g/mol. The van der Waals surface area contributed by atoms with Crippen LogP contribution < -0.4 is 5.32 Å². The van der Waals surface area contributed by atoms with Gasteiger partial charge in [-0.2, -0.15) is 0 Å². The molecule has 1 aromatic heterocycles. The van der Waals surface area contributed by atoms with E-state index in [-0.39, 0.29) is 31.3 Å². The molecule has 0 spiro atoms. The lowest BCUT2D eigenvalue weighted by atomic mass is 9.91. The van der Waals surface area contributed by atoms with Crippen molar-refractivity contribution in [2.45, 2.75) is 37.3 Å². The van der Waals surface area contributed by atoms with E-state index in [2.05, 4.69) is 18.8 Å². The minimum absolute atomic E-state index is 0.0172. The van der Waals surface area contributed by atoms with Crippen molar-refractivity contribution in [3.63, 3.8) is 0 Å². The number of thioether (sulfide) groups is 1. The van der Waals surface area contributed by atoms with Crippen LogP contribution in [0.1, 0.15) is 36.0 Å². The van der Waals surface area contributed by atoms with Crippen molar-refractivity contribution < 1.29 is 28.5 Å². The average Bonchev–Trinajstić information content (AvgIpc) is 3.56. The van der Waals surface area contributed by atoms with E-state index in [4.69, 9.17) is 23.6 Å². The number of amides is 1. The zero-order valence-electron chi connectivity index (χ0n) is 26.0. The topological polar surface area (TPSA) is 103 Å². The Balaban J connectivity index is 1.24. The average molecular weight is 649 g/mol. The standard InChI is InChI=1S/C38H36N2O6S/c1-3-22-43-37(42)39-31-20-18-30(19-21-31)36-44-32(25(2)34(45-36)29-16-14-26(23-41)15-17-29)24-47-38-40-33(27-10-6-4-7-11-27)35(46-38)28-12-8-5-9-13-28/h3-21,25,32,34,36,41H,1,22-24H2,2H3,(H,39,42)/t25-,32+,34+,36+/m0/s1. The van der Waals surface area contributed by atoms with Crippen LogP contribution in [0.2, 0.25) is 0 Å². The van der Waals surface area contributed by atoms with Gasteiger partial charge in [0, 0.05) is 34.0 Å². The Labute approximate surface area is 278 Å². The lowest BCUT2D eigenvalue weighted by Crippen LogP contribution is -2.38. The number of rotatable bonds is 11. The molecule has 4 aromatic carbocycles. The van der Waals surface area contributed by atoms with Gasteiger partial charge < -0.3 is 23.7 Å². The molecule has 0 unspecified atom stereocenters. The predicted molar refractivity (Wildman–Crippen MR) is 183 cm³/mol. The van der Waals surface area contributed by atoms with Crippen LogP contribution in [0.3, 0.4) is 0 Å². The maximum Gasteiger partial charge on any atom is 0.411 e. The van der Waals surface area contributed by atoms with Crippen LogP contribution in [0.5, 0.6) is 0 Å². The second-order valence-electron chi connectivity index (χ2n) is 11.2. The third-order valence-electron chi connectivity index (χ3n) is 7.95. The first kappa shape index (κ1) is 32.3. The number of benzene rings is 4. The van der Waals surface area contributed by atoms with Gasteiger partial charge in [0.25, 0.3) is 5.22 Å². The summed E-state index contributed by atoms with van der Waals surface area (Å²) in [6, 6.07) is 35.1. The fourth-order valence-corrected chi connectivity index (χ4v) is 6.40. The Morgan fingerprint density at radius 1 is 0.915 bits per heavy atom. The summed E-state index contributed by atoms with van der Waals surface area (Å²) < 4.78 is 24.6. The van der Waals surface area contributed by atoms with E-state index in [9.17, 15) is 9.90 Å². The molecule has 2 heterocycles. The molecule has 240 valence electrons. The smallest absolute Gasteiger partial charge is 0.411 e. The SMILES string of the molecule is C=CCOC(=O)Nc1ccc([C@@H]2O[C@H](CSc3nc(-c4ccccc4)c(-c4ccccc4)o3)[C@H](C)[C@H](c3ccc(CO)cc3)O2)cc1. The number of aliphatic hydroxyl groups is 1. The van der Waals surface area contributed by atoms with Crippen LogP contribution in [0.4, 0.5) is 10.5 Å². The molecule has 1 amide bonds. The first-order valence-electron chi connectivity index (χ1n) is 15.4. The number of anilines is 1. The van der Waals surface area contributed by atoms with Gasteiger partial charge in [0.05, 0.1) is 18.8 Å². The number of oxazole rings is 1. The van der Waals surface area contributed by atoms with Gasteiger partial charge in [0.15, 0.2) is 12.1 Å². The van der Waals surface area contributed by atoms with Gasteiger partial charge in [-0.05, 0) is 23.3 Å². The molecule has 0 radical (unpaired) electrons. The highest BCUT2D eigenvalue weighted by Gasteiger charge is 2.38. The van der Waals surface area contributed by atoms with Gasteiger partial charge in [-0.15, -0.1) is 0 Å². The van der Waals surface area contributed by atoms with E-state index >= 15 is 0 Å². The van der Waals surface area contributed by atoms with Crippen molar-refractivity contribution in [2.24, 2.45) is 5.92 Å². The zero-order chi connectivity index (χ0) is 32.6. The van der Waals surface area contributed by atoms with Crippen molar-refractivity contribution in [1.82, 2.24) is 4.98 Å². The lowest BCUT2D eigenvalue weighted by molar-refractivity contribution is -0.268. The largest absolute Gasteiger partial charge is 0.445 e. The van der Waals surface area contributed by atoms with Crippen molar-refractivity contribution in [2.75, 3.05) is 17.7 Å². The van der Waals surface area contributed by atoms with Gasteiger partial charge in [0.1, 0.15) is 12.3 Å². The maximum absolute atomic E-state index is 12.0. The molecule has 0 saturated carbocycles. The second-order valence-corrected chi connectivity index (χ2v) is 12.1. The molecule has 6 rings (SSSR count). The molecule has 0 bridgehead atoms. The third kappa shape index (κ3) is 7.84. The molecule has 8 nitrogen and oxygen atoms in total. The van der Waals surface area contributed by atoms with E-state index < -0.39 is 12.4 Å². The van der Waals surface area contributed by atoms with Crippen molar-refractivity contribution in [3.05, 3.63) is 139 Å². The summed E-state index contributed by atoms with van der Waals surface area (Å²) in [6.07, 6.45) is -0.206. The van der Waals surface area contributed by atoms with E-state index in [1.807, 2.05) is 97.1 Å². The molecule has 1 saturated heterocycles. The van der Waals surface area contributed by atoms with Crippen LogP contribution in [0.15, 0.2) is 131 Å². The quantitative estimate of drug-likeness (QED) is 0.108. The first-order valence-corrected chi connectivity index (χ1v) is 16.4. The monoisotopic (exact) mass is 648 g/mol. The van der Waals surface area contributed by atoms with Crippen LogP contribution in [-0.2, 0) is 20.8 Å². The second kappa shape index (κ2) is 15.3. The molecule has 4 atom stereocenters. The minimum atomic E-state index is -0.662. The summed E-state index contributed by atoms with van der Waals surface area (Å²) in [5, 5.41) is 12.8. The number of carbonyl (C=O) groups is 1. The van der Waals surface area contributed by atoms with E-state index in [1.54, 1.807) is 12.1 Å². The molecule has 0 aliphatic carbocycles. The van der Waals surface area contributed by atoms with Crippen molar-refractivity contribution >= 4 is 23.5 Å². The lowest BCUT2D eigenvalue weighted by Gasteiger charge is -2.41. The molecule has 1 aliphatic rings. The van der Waals surface area contributed by atoms with Gasteiger partial charge in [-0.25, -0.2) is 9.78 Å². The maximum atomic E-state index is 12.0. The van der Waals surface area contributed by atoms with Crippen molar-refractivity contribution in [1.29, 1.82) is 0 Å². The summed E-state index contributed by atoms with van der Waals surface area (Å²) in [4.78, 5) is 16.9. The number of nitrogens with one attached hydrogen (secondary N) is 1. The molecule has 2 N–H and O–H groups in total. The Kier molecular flexibility index (Phi) is 10.5. The van der Waals surface area contributed by atoms with Crippen LogP contribution >= 0.6 is 11.8 Å². The fraction of sp³-hybridized carbons (Fsp3) is 0.211. The van der Waals surface area contributed by atoms with E-state index in [0.29, 0.717) is 16.7 Å². The highest BCUT2D eigenvalue weighted by Crippen LogP contribution is 2.44. The van der Waals surface area contributed by atoms with Gasteiger partial charge in [-0.3, -0.25) is 5.32 Å². The van der Waals surface area contributed by atoms with Gasteiger partial charge in [0.2, 0.25) is 0 Å². The summed E-state index contributed by atoms with van der Waals surface area (Å²) in [5.41, 5.74) is 5.96. The summed E-state index contributed by atoms with van der Waals surface area (Å²) in [6.45, 7) is 5.77. The van der Waals surface area contributed by atoms with Crippen molar-refractivity contribution in [3.8, 4) is 22.6 Å². The van der Waals surface area contributed by atoms with Crippen LogP contribution in [0.25, 0.3) is 22.6 Å². The Morgan fingerprint density at radius 3 is 2.23 bits per heavy atom. The summed E-state index contributed by atoms with van der Waals surface area (Å²) in [7, 11) is 0. The molecule has 1 fully saturated rings. The predicted octanol–water partition coefficient (Wildman–Crippen LogP) is 8.82. The third-order valence-corrected chi connectivity index (χ3v) is 8.86. The summed E-state index contributed by atoms with van der Waals surface area (Å²) >= 11 is 1.51. The Morgan fingerprint density at radius 2 is 1.57 bits per heavy atom. The molecule has 47 heavy (non-hydrogen) atoms. The van der Waals surface area contributed by atoms with Gasteiger partial charge in [-0.1, -0.05) is 128 Å². The van der Waals surface area contributed by atoms with E-state index in [1.165, 1.54) is 17.8 Å². The van der Waals surface area contributed by atoms with Crippen LogP contribution in [-0.4, -0.2) is 34.6 Å². The number of carbonyl (C=O) groups excluding carboxylic acids is 1. The van der Waals surface area contributed by atoms with Gasteiger partial charge >= 0.3 is 6.09 Å². The summed E-state index contributed by atoms with van der Waals surface area (Å²) in [5.74, 6) is 1.28. The van der Waals surface area contributed by atoms with E-state index in [0.717, 1.165) is 39.3 Å². The molecule has 9 heteroatoms. The normalized spacial score (nSPS) is 19.2. The molecule has 1 aliphatic heterocycles. The Bertz CT molecular complexity index is 1700. The number of aromatic nitrogens is 1. The molecular formula is C38H36N2O6S. The number of hydrogen-bond donors (Lipinski definition) is 2. The number of aliphatic hydroxyl groups excluding tert-OH is 1. The number of hydrogen-bond acceptors (Lipinski definition) is 8. The highest BCUT2D eigenvalue weighted by molar-refractivity contribution is 7.99. The van der Waals surface area contributed by atoms with Crippen LogP contribution in [0, 0.1) is 5.92 Å². The first-order chi connectivity index (χ1) is 23.0.